The van der Waals surface area contributed by atoms with Gasteiger partial charge in [-0.05, 0) is 60.8 Å². The monoisotopic (exact) mass is 311 g/mol. The Labute approximate surface area is 118 Å². The van der Waals surface area contributed by atoms with E-state index in [1.165, 1.54) is 25.8 Å². The molecule has 1 aromatic rings. The minimum atomic E-state index is 0.752. The van der Waals surface area contributed by atoms with Crippen molar-refractivity contribution < 1.29 is 4.74 Å². The summed E-state index contributed by atoms with van der Waals surface area (Å²) < 4.78 is 6.83. The van der Waals surface area contributed by atoms with Gasteiger partial charge in [-0.25, -0.2) is 0 Å². The molecule has 2 rings (SSSR count). The normalized spacial score (nSPS) is 20.9. The first-order valence-corrected chi connectivity index (χ1v) is 7.68. The van der Waals surface area contributed by atoms with Crippen molar-refractivity contribution in [2.24, 2.45) is 0 Å². The summed E-state index contributed by atoms with van der Waals surface area (Å²) in [6.07, 6.45) is 5.21. The lowest BCUT2D eigenvalue weighted by Gasteiger charge is -2.33. The molecule has 0 unspecified atom stereocenters. The summed E-state index contributed by atoms with van der Waals surface area (Å²) in [5, 5.41) is 0. The van der Waals surface area contributed by atoms with Crippen molar-refractivity contribution in [1.29, 1.82) is 0 Å². The van der Waals surface area contributed by atoms with Crippen LogP contribution in [0.5, 0.6) is 5.75 Å². The maximum absolute atomic E-state index is 5.79. The summed E-state index contributed by atoms with van der Waals surface area (Å²) in [6, 6.07) is 8.79. The molecule has 1 aromatic carbocycles. The van der Waals surface area contributed by atoms with Crippen LogP contribution in [0, 0.1) is 0 Å². The van der Waals surface area contributed by atoms with Crippen LogP contribution in [0.15, 0.2) is 28.7 Å². The number of halogens is 1. The quantitative estimate of drug-likeness (QED) is 0.759. The Bertz CT molecular complexity index is 369. The molecular formula is C15H22BrNO. The van der Waals surface area contributed by atoms with Crippen molar-refractivity contribution in [3.8, 4) is 5.75 Å². The Morgan fingerprint density at radius 1 is 1.33 bits per heavy atom. The Balaban J connectivity index is 1.68. The van der Waals surface area contributed by atoms with Gasteiger partial charge < -0.3 is 9.64 Å². The minimum Gasteiger partial charge on any atom is -0.492 e. The molecule has 0 spiro atoms. The van der Waals surface area contributed by atoms with E-state index in [1.807, 2.05) is 24.3 Å². The molecule has 0 aromatic heterocycles. The number of hydrogen-bond donors (Lipinski definition) is 0. The van der Waals surface area contributed by atoms with Crippen molar-refractivity contribution >= 4 is 15.9 Å². The van der Waals surface area contributed by atoms with Gasteiger partial charge in [0.2, 0.25) is 0 Å². The summed E-state index contributed by atoms with van der Waals surface area (Å²) in [5.74, 6) is 0.948. The third-order valence-corrected chi connectivity index (χ3v) is 4.28. The number of likely N-dealkylation sites (tertiary alicyclic amines) is 1. The molecule has 1 aliphatic heterocycles. The molecule has 18 heavy (non-hydrogen) atoms. The van der Waals surface area contributed by atoms with Crippen LogP contribution in [0.25, 0.3) is 0 Å². The number of para-hydroxylation sites is 1. The third kappa shape index (κ3) is 3.99. The van der Waals surface area contributed by atoms with Crippen LogP contribution in [0.2, 0.25) is 0 Å². The maximum Gasteiger partial charge on any atom is 0.133 e. The van der Waals surface area contributed by atoms with E-state index in [9.17, 15) is 0 Å². The average molecular weight is 312 g/mol. The fraction of sp³-hybridized carbons (Fsp3) is 0.600. The molecule has 2 nitrogen and oxygen atoms in total. The highest BCUT2D eigenvalue weighted by atomic mass is 79.9. The van der Waals surface area contributed by atoms with E-state index < -0.39 is 0 Å². The average Bonchev–Trinajstić information content (AvgIpc) is 2.38. The van der Waals surface area contributed by atoms with E-state index in [4.69, 9.17) is 4.74 Å². The van der Waals surface area contributed by atoms with E-state index in [0.717, 1.165) is 35.8 Å². The van der Waals surface area contributed by atoms with Gasteiger partial charge in [-0.1, -0.05) is 18.6 Å². The highest BCUT2D eigenvalue weighted by Crippen LogP contribution is 2.24. The van der Waals surface area contributed by atoms with E-state index >= 15 is 0 Å². The lowest BCUT2D eigenvalue weighted by Crippen LogP contribution is -2.38. The van der Waals surface area contributed by atoms with Gasteiger partial charge in [0.1, 0.15) is 5.75 Å². The molecular weight excluding hydrogens is 290 g/mol. The van der Waals surface area contributed by atoms with Crippen molar-refractivity contribution in [3.63, 3.8) is 0 Å². The SMILES string of the molecule is C[C@@H]1CCCCN1CCCOc1ccccc1Br. The maximum atomic E-state index is 5.79. The van der Waals surface area contributed by atoms with Gasteiger partial charge in [0, 0.05) is 12.6 Å². The number of piperidine rings is 1. The first-order chi connectivity index (χ1) is 8.77. The van der Waals surface area contributed by atoms with Crippen LogP contribution in [0.1, 0.15) is 32.6 Å². The summed E-state index contributed by atoms with van der Waals surface area (Å²) in [5.41, 5.74) is 0. The van der Waals surface area contributed by atoms with Gasteiger partial charge in [-0.3, -0.25) is 0 Å². The zero-order valence-electron chi connectivity index (χ0n) is 11.1. The first kappa shape index (κ1) is 13.9. The second-order valence-corrected chi connectivity index (χ2v) is 5.87. The van der Waals surface area contributed by atoms with E-state index in [1.54, 1.807) is 0 Å². The Hall–Kier alpha value is -0.540. The first-order valence-electron chi connectivity index (χ1n) is 6.89. The molecule has 0 bridgehead atoms. The number of nitrogens with zero attached hydrogens (tertiary/aromatic N) is 1. The minimum absolute atomic E-state index is 0.752. The molecule has 3 heteroatoms. The van der Waals surface area contributed by atoms with Crippen LogP contribution in [0.4, 0.5) is 0 Å². The third-order valence-electron chi connectivity index (χ3n) is 3.62. The number of benzene rings is 1. The molecule has 100 valence electrons. The number of ether oxygens (including phenoxy) is 1. The lowest BCUT2D eigenvalue weighted by atomic mass is 10.0. The van der Waals surface area contributed by atoms with Crippen LogP contribution in [0.3, 0.4) is 0 Å². The van der Waals surface area contributed by atoms with E-state index in [0.29, 0.717) is 0 Å². The Morgan fingerprint density at radius 3 is 2.94 bits per heavy atom. The number of rotatable bonds is 5. The van der Waals surface area contributed by atoms with Crippen molar-refractivity contribution in [2.75, 3.05) is 19.7 Å². The molecule has 0 saturated carbocycles. The Kier molecular flexibility index (Phi) is 5.51. The predicted molar refractivity (Wildman–Crippen MR) is 79.1 cm³/mol. The second-order valence-electron chi connectivity index (χ2n) is 5.01. The van der Waals surface area contributed by atoms with Gasteiger partial charge in [-0.2, -0.15) is 0 Å². The van der Waals surface area contributed by atoms with Gasteiger partial charge in [0.25, 0.3) is 0 Å². The van der Waals surface area contributed by atoms with Gasteiger partial charge >= 0.3 is 0 Å². The summed E-state index contributed by atoms with van der Waals surface area (Å²) in [7, 11) is 0. The topological polar surface area (TPSA) is 12.5 Å². The van der Waals surface area contributed by atoms with Gasteiger partial charge in [-0.15, -0.1) is 0 Å². The van der Waals surface area contributed by atoms with E-state index in [-0.39, 0.29) is 0 Å². The number of hydrogen-bond acceptors (Lipinski definition) is 2. The smallest absolute Gasteiger partial charge is 0.133 e. The molecule has 1 heterocycles. The zero-order chi connectivity index (χ0) is 12.8. The summed E-state index contributed by atoms with van der Waals surface area (Å²) in [6.45, 7) is 5.56. The largest absolute Gasteiger partial charge is 0.492 e. The molecule has 0 aliphatic carbocycles. The van der Waals surface area contributed by atoms with Crippen LogP contribution >= 0.6 is 15.9 Å². The molecule has 0 amide bonds. The Morgan fingerprint density at radius 2 is 2.17 bits per heavy atom. The summed E-state index contributed by atoms with van der Waals surface area (Å²) >= 11 is 3.50. The molecule has 1 fully saturated rings. The lowest BCUT2D eigenvalue weighted by molar-refractivity contribution is 0.148. The molecule has 0 radical (unpaired) electrons. The fourth-order valence-corrected chi connectivity index (χ4v) is 2.90. The standard InChI is InChI=1S/C15H22BrNO/c1-13-7-4-5-10-17(13)11-6-12-18-15-9-3-2-8-14(15)16/h2-3,8-9,13H,4-7,10-12H2,1H3/t13-/m1/s1. The molecule has 1 saturated heterocycles. The molecule has 1 aliphatic rings. The van der Waals surface area contributed by atoms with Crippen molar-refractivity contribution in [1.82, 2.24) is 4.90 Å². The van der Waals surface area contributed by atoms with Crippen molar-refractivity contribution in [3.05, 3.63) is 28.7 Å². The molecule has 1 atom stereocenters. The second kappa shape index (κ2) is 7.15. The van der Waals surface area contributed by atoms with E-state index in [2.05, 4.69) is 27.8 Å². The zero-order valence-corrected chi connectivity index (χ0v) is 12.7. The highest BCUT2D eigenvalue weighted by Gasteiger charge is 2.17. The highest BCUT2D eigenvalue weighted by molar-refractivity contribution is 9.10. The van der Waals surface area contributed by atoms with Gasteiger partial charge in [0.15, 0.2) is 0 Å². The van der Waals surface area contributed by atoms with Crippen LogP contribution in [-0.4, -0.2) is 30.6 Å². The van der Waals surface area contributed by atoms with Crippen LogP contribution < -0.4 is 4.74 Å². The predicted octanol–water partition coefficient (Wildman–Crippen LogP) is 4.09. The molecule has 0 N–H and O–H groups in total. The fourth-order valence-electron chi connectivity index (χ4n) is 2.50. The van der Waals surface area contributed by atoms with Gasteiger partial charge in [0.05, 0.1) is 11.1 Å². The summed E-state index contributed by atoms with van der Waals surface area (Å²) in [4.78, 5) is 2.59. The van der Waals surface area contributed by atoms with Crippen LogP contribution in [-0.2, 0) is 0 Å². The van der Waals surface area contributed by atoms with Crippen molar-refractivity contribution in [2.45, 2.75) is 38.6 Å².